The number of nitrogens with zero attached hydrogens (tertiary/aromatic N) is 1. The zero-order valence-corrected chi connectivity index (χ0v) is 18.1. The number of nitrogens with one attached hydrogen (secondary N) is 1. The number of carbonyl (C=O) groups is 1. The molecule has 32 heavy (non-hydrogen) atoms. The van der Waals surface area contributed by atoms with Gasteiger partial charge in [-0.15, -0.1) is 0 Å². The molecule has 1 amide bonds. The van der Waals surface area contributed by atoms with Crippen LogP contribution < -0.4 is 14.8 Å². The minimum atomic E-state index is -0.602. The maximum atomic E-state index is 13.1. The number of carbonyl (C=O) groups excluding carboxylic acids is 1. The van der Waals surface area contributed by atoms with Crippen LogP contribution in [-0.2, 0) is 11.4 Å². The lowest BCUT2D eigenvalue weighted by atomic mass is 10.1. The Labute approximate surface area is 186 Å². The summed E-state index contributed by atoms with van der Waals surface area (Å²) in [6, 6.07) is 18.5. The summed E-state index contributed by atoms with van der Waals surface area (Å²) in [4.78, 5) is 12.6. The molecule has 0 saturated carbocycles. The number of hydrogen-bond donors (Lipinski definition) is 1. The first-order chi connectivity index (χ1) is 15.4. The molecule has 5 nitrogen and oxygen atoms in total. The molecule has 0 atom stereocenters. The average Bonchev–Trinajstić information content (AvgIpc) is 2.77. The average molecular weight is 430 g/mol. The molecular weight excluding hydrogens is 407 g/mol. The highest BCUT2D eigenvalue weighted by Crippen LogP contribution is 2.28. The lowest BCUT2D eigenvalue weighted by molar-refractivity contribution is -0.112. The van der Waals surface area contributed by atoms with Gasteiger partial charge in [0.05, 0.1) is 7.11 Å². The van der Waals surface area contributed by atoms with E-state index in [0.29, 0.717) is 29.4 Å². The number of aryl methyl sites for hydroxylation is 2. The zero-order valence-electron chi connectivity index (χ0n) is 18.1. The van der Waals surface area contributed by atoms with Crippen LogP contribution in [0, 0.1) is 31.0 Å². The number of methoxy groups -OCH3 is 1. The third-order valence-electron chi connectivity index (χ3n) is 4.66. The van der Waals surface area contributed by atoms with Crippen molar-refractivity contribution in [1.82, 2.24) is 0 Å². The third kappa shape index (κ3) is 5.96. The van der Waals surface area contributed by atoms with E-state index in [4.69, 9.17) is 9.47 Å². The zero-order chi connectivity index (χ0) is 23.1. The molecule has 0 radical (unpaired) electrons. The Kier molecular flexibility index (Phi) is 7.25. The highest BCUT2D eigenvalue weighted by molar-refractivity contribution is 6.09. The molecule has 162 valence electrons. The molecule has 0 aliphatic rings. The summed E-state index contributed by atoms with van der Waals surface area (Å²) in [7, 11) is 1.55. The maximum absolute atomic E-state index is 13.1. The fraction of sp³-hybridized carbons (Fsp3) is 0.154. The maximum Gasteiger partial charge on any atom is 0.266 e. The summed E-state index contributed by atoms with van der Waals surface area (Å²) < 4.78 is 24.4. The number of hydrogen-bond acceptors (Lipinski definition) is 4. The van der Waals surface area contributed by atoms with Gasteiger partial charge >= 0.3 is 0 Å². The summed E-state index contributed by atoms with van der Waals surface area (Å²) in [5, 5.41) is 12.1. The first-order valence-corrected chi connectivity index (χ1v) is 9.94. The number of ether oxygens (including phenoxy) is 2. The Morgan fingerprint density at radius 2 is 1.75 bits per heavy atom. The molecule has 3 rings (SSSR count). The van der Waals surface area contributed by atoms with Crippen molar-refractivity contribution >= 4 is 17.7 Å². The minimum Gasteiger partial charge on any atom is -0.497 e. The smallest absolute Gasteiger partial charge is 0.266 e. The molecule has 0 aliphatic heterocycles. The van der Waals surface area contributed by atoms with Crippen molar-refractivity contribution in [2.45, 2.75) is 20.5 Å². The normalized spacial score (nSPS) is 10.9. The van der Waals surface area contributed by atoms with Gasteiger partial charge in [0.2, 0.25) is 0 Å². The van der Waals surface area contributed by atoms with Crippen molar-refractivity contribution in [3.63, 3.8) is 0 Å². The van der Waals surface area contributed by atoms with Gasteiger partial charge in [0.15, 0.2) is 0 Å². The monoisotopic (exact) mass is 430 g/mol. The minimum absolute atomic E-state index is 0.115. The SMILES string of the molecule is COc1ccc(/C=C(\C#N)C(=O)Nc2ccc(F)cc2)c(OCc2cc(C)cc(C)c2)c1. The van der Waals surface area contributed by atoms with E-state index in [-0.39, 0.29) is 5.57 Å². The van der Waals surface area contributed by atoms with E-state index >= 15 is 0 Å². The van der Waals surface area contributed by atoms with Crippen LogP contribution in [0.4, 0.5) is 10.1 Å². The first kappa shape index (κ1) is 22.6. The molecule has 3 aromatic carbocycles. The van der Waals surface area contributed by atoms with Crippen LogP contribution in [0.2, 0.25) is 0 Å². The fourth-order valence-corrected chi connectivity index (χ4v) is 3.24. The van der Waals surface area contributed by atoms with Crippen LogP contribution in [0.25, 0.3) is 6.08 Å². The fourth-order valence-electron chi connectivity index (χ4n) is 3.24. The molecule has 0 bridgehead atoms. The van der Waals surface area contributed by atoms with Crippen molar-refractivity contribution in [3.05, 3.63) is 94.3 Å². The van der Waals surface area contributed by atoms with E-state index in [2.05, 4.69) is 11.4 Å². The van der Waals surface area contributed by atoms with Crippen molar-refractivity contribution in [1.29, 1.82) is 5.26 Å². The van der Waals surface area contributed by atoms with Gasteiger partial charge in [-0.05, 0) is 61.9 Å². The molecule has 0 fully saturated rings. The van der Waals surface area contributed by atoms with Crippen molar-refractivity contribution in [2.75, 3.05) is 12.4 Å². The number of nitriles is 1. The van der Waals surface area contributed by atoms with Crippen molar-refractivity contribution in [2.24, 2.45) is 0 Å². The van der Waals surface area contributed by atoms with Gasteiger partial charge in [-0.1, -0.05) is 29.3 Å². The highest BCUT2D eigenvalue weighted by Gasteiger charge is 2.13. The molecule has 0 spiro atoms. The second-order valence-electron chi connectivity index (χ2n) is 7.32. The quantitative estimate of drug-likeness (QED) is 0.393. The van der Waals surface area contributed by atoms with E-state index < -0.39 is 11.7 Å². The highest BCUT2D eigenvalue weighted by atomic mass is 19.1. The summed E-state index contributed by atoms with van der Waals surface area (Å²) in [6.07, 6.45) is 1.45. The van der Waals surface area contributed by atoms with Gasteiger partial charge in [-0.2, -0.15) is 5.26 Å². The van der Waals surface area contributed by atoms with Crippen LogP contribution in [0.1, 0.15) is 22.3 Å². The number of anilines is 1. The predicted molar refractivity (Wildman–Crippen MR) is 122 cm³/mol. The Morgan fingerprint density at radius 1 is 1.06 bits per heavy atom. The Balaban J connectivity index is 1.86. The number of amides is 1. The lowest BCUT2D eigenvalue weighted by Crippen LogP contribution is -2.13. The van der Waals surface area contributed by atoms with Gasteiger partial charge in [-0.25, -0.2) is 4.39 Å². The van der Waals surface area contributed by atoms with Crippen LogP contribution in [0.5, 0.6) is 11.5 Å². The van der Waals surface area contributed by atoms with Crippen molar-refractivity contribution < 1.29 is 18.7 Å². The number of rotatable bonds is 7. The molecule has 0 heterocycles. The molecule has 0 aliphatic carbocycles. The topological polar surface area (TPSA) is 71.3 Å². The van der Waals surface area contributed by atoms with Gasteiger partial charge in [-0.3, -0.25) is 4.79 Å². The molecule has 1 N–H and O–H groups in total. The van der Waals surface area contributed by atoms with Crippen LogP contribution in [0.15, 0.2) is 66.2 Å². The van der Waals surface area contributed by atoms with Gasteiger partial charge < -0.3 is 14.8 Å². The van der Waals surface area contributed by atoms with Gasteiger partial charge in [0, 0.05) is 17.3 Å². The summed E-state index contributed by atoms with van der Waals surface area (Å²) in [5.41, 5.74) is 4.11. The standard InChI is InChI=1S/C26H23FN2O3/c1-17-10-18(2)12-19(11-17)16-32-25-14-24(31-3)9-4-20(25)13-21(15-28)26(30)29-23-7-5-22(27)6-8-23/h4-14H,16H2,1-3H3,(H,29,30)/b21-13+. The second kappa shape index (κ2) is 10.3. The van der Waals surface area contributed by atoms with Crippen molar-refractivity contribution in [3.8, 4) is 17.6 Å². The van der Waals surface area contributed by atoms with Crippen LogP contribution in [0.3, 0.4) is 0 Å². The largest absolute Gasteiger partial charge is 0.497 e. The molecule has 0 saturated heterocycles. The van der Waals surface area contributed by atoms with E-state index in [1.807, 2.05) is 32.0 Å². The molecule has 3 aromatic rings. The van der Waals surface area contributed by atoms with Crippen LogP contribution in [-0.4, -0.2) is 13.0 Å². The summed E-state index contributed by atoms with van der Waals surface area (Å²) in [5.74, 6) is 0.0516. The summed E-state index contributed by atoms with van der Waals surface area (Å²) >= 11 is 0. The Bertz CT molecular complexity index is 1170. The van der Waals surface area contributed by atoms with E-state index in [0.717, 1.165) is 16.7 Å². The second-order valence-corrected chi connectivity index (χ2v) is 7.32. The molecule has 0 unspecified atom stereocenters. The lowest BCUT2D eigenvalue weighted by Gasteiger charge is -2.13. The summed E-state index contributed by atoms with van der Waals surface area (Å²) in [6.45, 7) is 4.37. The van der Waals surface area contributed by atoms with E-state index in [1.54, 1.807) is 25.3 Å². The van der Waals surface area contributed by atoms with E-state index in [1.165, 1.54) is 30.3 Å². The first-order valence-electron chi connectivity index (χ1n) is 9.94. The van der Waals surface area contributed by atoms with Gasteiger partial charge in [0.25, 0.3) is 5.91 Å². The number of benzene rings is 3. The number of halogens is 1. The predicted octanol–water partition coefficient (Wildman–Crippen LogP) is 5.58. The molecule has 0 aromatic heterocycles. The van der Waals surface area contributed by atoms with E-state index in [9.17, 15) is 14.4 Å². The molecular formula is C26H23FN2O3. The third-order valence-corrected chi connectivity index (χ3v) is 4.66. The Morgan fingerprint density at radius 3 is 2.38 bits per heavy atom. The Hall–Kier alpha value is -4.11. The van der Waals surface area contributed by atoms with Crippen LogP contribution >= 0.6 is 0 Å². The van der Waals surface area contributed by atoms with Gasteiger partial charge in [0.1, 0.15) is 35.6 Å². The molecule has 6 heteroatoms.